The van der Waals surface area contributed by atoms with E-state index in [1.807, 2.05) is 41.8 Å². The fourth-order valence-corrected chi connectivity index (χ4v) is 4.21. The number of fused-ring (bicyclic) bond motifs is 1. The van der Waals surface area contributed by atoms with E-state index in [0.717, 1.165) is 24.9 Å². The van der Waals surface area contributed by atoms with Gasteiger partial charge < -0.3 is 19.9 Å². The van der Waals surface area contributed by atoms with E-state index >= 15 is 0 Å². The maximum Gasteiger partial charge on any atom is 0.320 e. The van der Waals surface area contributed by atoms with Crippen LogP contribution in [0.15, 0.2) is 36.7 Å². The minimum atomic E-state index is -0.492. The van der Waals surface area contributed by atoms with Gasteiger partial charge in [-0.3, -0.25) is 4.57 Å². The van der Waals surface area contributed by atoms with Gasteiger partial charge in [-0.15, -0.1) is 0 Å². The molecule has 3 aromatic rings. The number of nitrogens with zero attached hydrogens (tertiary/aromatic N) is 4. The lowest BCUT2D eigenvalue weighted by atomic mass is 10.1. The summed E-state index contributed by atoms with van der Waals surface area (Å²) in [5, 5.41) is 13.8. The highest BCUT2D eigenvalue weighted by molar-refractivity contribution is 5.83. The molecule has 2 aromatic heterocycles. The van der Waals surface area contributed by atoms with E-state index in [1.54, 1.807) is 6.33 Å². The average molecular weight is 454 g/mol. The quantitative estimate of drug-likeness (QED) is 0.379. The summed E-state index contributed by atoms with van der Waals surface area (Å²) in [5.41, 5.74) is 2.39. The molecule has 8 nitrogen and oxygen atoms in total. The molecule has 0 spiro atoms. The molecular formula is C25H35N5O3. The van der Waals surface area contributed by atoms with E-state index in [4.69, 9.17) is 9.47 Å². The molecule has 0 bridgehead atoms. The van der Waals surface area contributed by atoms with Crippen molar-refractivity contribution in [1.29, 1.82) is 0 Å². The lowest BCUT2D eigenvalue weighted by Crippen LogP contribution is -2.19. The first-order chi connectivity index (χ1) is 16.2. The summed E-state index contributed by atoms with van der Waals surface area (Å²) in [6, 6.07) is 10.3. The topological polar surface area (TPSA) is 94.3 Å². The van der Waals surface area contributed by atoms with Gasteiger partial charge in [0.2, 0.25) is 0 Å². The van der Waals surface area contributed by atoms with E-state index in [-0.39, 0.29) is 12.3 Å². The average Bonchev–Trinajstić information content (AvgIpc) is 3.43. The Morgan fingerprint density at radius 2 is 1.94 bits per heavy atom. The zero-order valence-electron chi connectivity index (χ0n) is 19.6. The van der Waals surface area contributed by atoms with Gasteiger partial charge in [0.15, 0.2) is 17.0 Å². The van der Waals surface area contributed by atoms with E-state index in [2.05, 4.69) is 27.2 Å². The Balaban J connectivity index is 1.55. The van der Waals surface area contributed by atoms with Crippen molar-refractivity contribution in [3.8, 4) is 6.01 Å². The van der Waals surface area contributed by atoms with Gasteiger partial charge in [0.05, 0.1) is 18.5 Å². The number of hydrogen-bond donors (Lipinski definition) is 2. The van der Waals surface area contributed by atoms with Crippen LogP contribution in [0.4, 0.5) is 5.82 Å². The van der Waals surface area contributed by atoms with Gasteiger partial charge in [-0.05, 0) is 18.4 Å². The normalized spacial score (nSPS) is 20.4. The number of rotatable bonds is 12. The van der Waals surface area contributed by atoms with Crippen LogP contribution in [0.2, 0.25) is 0 Å². The number of aliphatic hydroxyl groups excluding tert-OH is 1. The molecule has 33 heavy (non-hydrogen) atoms. The Bertz CT molecular complexity index is 1010. The van der Waals surface area contributed by atoms with Crippen molar-refractivity contribution in [3.63, 3.8) is 0 Å². The van der Waals surface area contributed by atoms with Crippen molar-refractivity contribution in [2.75, 3.05) is 11.9 Å². The molecule has 1 aliphatic rings. The Morgan fingerprint density at radius 1 is 1.12 bits per heavy atom. The molecule has 0 aliphatic carbocycles. The summed E-state index contributed by atoms with van der Waals surface area (Å²) in [6.45, 7) is 5.44. The molecule has 2 N–H and O–H groups in total. The standard InChI is InChI=1S/C25H35N5O3/c1-3-5-6-7-11-14-26-23-22-24(29-25(28-23)32-16-18-12-9-8-10-13-18)30(17-27-22)21-15-19(31)20(4-2)33-21/h8-10,12-13,17,19-21,31H,3-7,11,14-16H2,1-2H3,(H,26,28,29). The first-order valence-corrected chi connectivity index (χ1v) is 12.2. The van der Waals surface area contributed by atoms with Crippen LogP contribution in [0, 0.1) is 0 Å². The minimum Gasteiger partial charge on any atom is -0.458 e. The summed E-state index contributed by atoms with van der Waals surface area (Å²) in [6.07, 6.45) is 8.02. The molecule has 3 atom stereocenters. The molecule has 0 saturated carbocycles. The third kappa shape index (κ3) is 5.81. The molecule has 0 amide bonds. The number of benzene rings is 1. The smallest absolute Gasteiger partial charge is 0.320 e. The molecule has 1 aliphatic heterocycles. The molecule has 1 aromatic carbocycles. The van der Waals surface area contributed by atoms with E-state index in [0.29, 0.717) is 36.0 Å². The molecule has 3 unspecified atom stereocenters. The summed E-state index contributed by atoms with van der Waals surface area (Å²) in [4.78, 5) is 13.9. The van der Waals surface area contributed by atoms with Crippen molar-refractivity contribution in [3.05, 3.63) is 42.2 Å². The third-order valence-corrected chi connectivity index (χ3v) is 6.10. The Kier molecular flexibility index (Phi) is 8.12. The van der Waals surface area contributed by atoms with Crippen LogP contribution in [-0.4, -0.2) is 43.4 Å². The number of ether oxygens (including phenoxy) is 2. The number of nitrogens with one attached hydrogen (secondary N) is 1. The van der Waals surface area contributed by atoms with Gasteiger partial charge in [0.1, 0.15) is 12.8 Å². The van der Waals surface area contributed by atoms with Crippen LogP contribution in [0.1, 0.15) is 70.6 Å². The zero-order chi connectivity index (χ0) is 23.0. The van der Waals surface area contributed by atoms with Crippen molar-refractivity contribution in [2.24, 2.45) is 0 Å². The van der Waals surface area contributed by atoms with Gasteiger partial charge in [-0.1, -0.05) is 69.9 Å². The fraction of sp³-hybridized carbons (Fsp3) is 0.560. The van der Waals surface area contributed by atoms with Crippen molar-refractivity contribution < 1.29 is 14.6 Å². The summed E-state index contributed by atoms with van der Waals surface area (Å²) < 4.78 is 13.9. The second kappa shape index (κ2) is 11.4. The van der Waals surface area contributed by atoms with Crippen LogP contribution in [0.25, 0.3) is 11.2 Å². The zero-order valence-corrected chi connectivity index (χ0v) is 19.6. The van der Waals surface area contributed by atoms with Crippen molar-refractivity contribution >= 4 is 17.0 Å². The maximum absolute atomic E-state index is 10.3. The number of hydrogen-bond acceptors (Lipinski definition) is 7. The van der Waals surface area contributed by atoms with Crippen molar-refractivity contribution in [2.45, 2.75) is 83.8 Å². The number of anilines is 1. The predicted octanol–water partition coefficient (Wildman–Crippen LogP) is 4.85. The van der Waals surface area contributed by atoms with E-state index < -0.39 is 6.10 Å². The highest BCUT2D eigenvalue weighted by Crippen LogP contribution is 2.33. The van der Waals surface area contributed by atoms with Gasteiger partial charge in [-0.2, -0.15) is 9.97 Å². The first kappa shape index (κ1) is 23.4. The number of aromatic nitrogens is 4. The molecule has 1 fully saturated rings. The van der Waals surface area contributed by atoms with Gasteiger partial charge in [0, 0.05) is 13.0 Å². The molecule has 0 radical (unpaired) electrons. The minimum absolute atomic E-state index is 0.177. The van der Waals surface area contributed by atoms with Crippen LogP contribution in [0.3, 0.4) is 0 Å². The van der Waals surface area contributed by atoms with Gasteiger partial charge >= 0.3 is 6.01 Å². The number of aliphatic hydroxyl groups is 1. The molecular weight excluding hydrogens is 418 g/mol. The first-order valence-electron chi connectivity index (χ1n) is 12.2. The van der Waals surface area contributed by atoms with Crippen LogP contribution >= 0.6 is 0 Å². The summed E-state index contributed by atoms with van der Waals surface area (Å²) >= 11 is 0. The highest BCUT2D eigenvalue weighted by atomic mass is 16.5. The van der Waals surface area contributed by atoms with Gasteiger partial charge in [-0.25, -0.2) is 4.98 Å². The fourth-order valence-electron chi connectivity index (χ4n) is 4.21. The molecule has 8 heteroatoms. The van der Waals surface area contributed by atoms with E-state index in [9.17, 15) is 5.11 Å². The second-order valence-corrected chi connectivity index (χ2v) is 8.63. The maximum atomic E-state index is 10.3. The molecule has 4 rings (SSSR count). The van der Waals surface area contributed by atoms with Crippen molar-refractivity contribution in [1.82, 2.24) is 19.5 Å². The number of imidazole rings is 1. The van der Waals surface area contributed by atoms with Crippen LogP contribution in [0.5, 0.6) is 6.01 Å². The highest BCUT2D eigenvalue weighted by Gasteiger charge is 2.35. The Hall–Kier alpha value is -2.71. The summed E-state index contributed by atoms with van der Waals surface area (Å²) in [5.74, 6) is 0.669. The van der Waals surface area contributed by atoms with E-state index in [1.165, 1.54) is 25.7 Å². The lowest BCUT2D eigenvalue weighted by molar-refractivity contribution is -0.0183. The van der Waals surface area contributed by atoms with Crippen LogP contribution < -0.4 is 10.1 Å². The van der Waals surface area contributed by atoms with Gasteiger partial charge in [0.25, 0.3) is 0 Å². The second-order valence-electron chi connectivity index (χ2n) is 8.63. The Labute approximate surface area is 195 Å². The molecule has 1 saturated heterocycles. The largest absolute Gasteiger partial charge is 0.458 e. The summed E-state index contributed by atoms with van der Waals surface area (Å²) in [7, 11) is 0. The predicted molar refractivity (Wildman–Crippen MR) is 128 cm³/mol. The lowest BCUT2D eigenvalue weighted by Gasteiger charge is -2.15. The molecule has 178 valence electrons. The van der Waals surface area contributed by atoms with Crippen LogP contribution in [-0.2, 0) is 11.3 Å². The number of unbranched alkanes of at least 4 members (excludes halogenated alkanes) is 4. The SMILES string of the molecule is CCCCCCCNc1nc(OCc2ccccc2)nc2c1ncn2C1CC(O)C(CC)O1. The Morgan fingerprint density at radius 3 is 2.70 bits per heavy atom. The monoisotopic (exact) mass is 453 g/mol. The third-order valence-electron chi connectivity index (χ3n) is 6.10. The molecule has 3 heterocycles.